The second-order valence-electron chi connectivity index (χ2n) is 4.21. The molecule has 2 atom stereocenters. The Labute approximate surface area is 106 Å². The van der Waals surface area contributed by atoms with Crippen molar-refractivity contribution in [1.29, 1.82) is 0 Å². The lowest BCUT2D eigenvalue weighted by atomic mass is 10.0. The molecular weight excluding hydrogens is 237 g/mol. The van der Waals surface area contributed by atoms with Crippen molar-refractivity contribution in [1.82, 2.24) is 5.32 Å². The molecule has 0 amide bonds. The standard InChI is InChI=1S/C13H18FNOS/c1-15-12(13-9-17-7-6-16-13)8-10-2-4-11(14)5-3-10/h2-5,12-13,15H,6-9H2,1H3. The molecule has 0 saturated carbocycles. The molecular formula is C13H18FNOS. The maximum absolute atomic E-state index is 12.8. The van der Waals surface area contributed by atoms with Gasteiger partial charge >= 0.3 is 0 Å². The lowest BCUT2D eigenvalue weighted by Crippen LogP contribution is -2.44. The highest BCUT2D eigenvalue weighted by molar-refractivity contribution is 7.99. The van der Waals surface area contributed by atoms with E-state index in [0.717, 1.165) is 30.1 Å². The predicted octanol–water partition coefficient (Wildman–Crippen LogP) is 2.09. The van der Waals surface area contributed by atoms with Gasteiger partial charge in [0.05, 0.1) is 12.7 Å². The van der Waals surface area contributed by atoms with Gasteiger partial charge in [-0.2, -0.15) is 11.8 Å². The largest absolute Gasteiger partial charge is 0.375 e. The molecule has 0 spiro atoms. The normalized spacial score (nSPS) is 22.4. The second-order valence-corrected chi connectivity index (χ2v) is 5.36. The lowest BCUT2D eigenvalue weighted by Gasteiger charge is -2.30. The average molecular weight is 255 g/mol. The van der Waals surface area contributed by atoms with E-state index in [4.69, 9.17) is 4.74 Å². The molecule has 1 heterocycles. The highest BCUT2D eigenvalue weighted by atomic mass is 32.2. The van der Waals surface area contributed by atoms with Crippen molar-refractivity contribution < 1.29 is 9.13 Å². The number of nitrogens with one attached hydrogen (secondary N) is 1. The SMILES string of the molecule is CNC(Cc1ccc(F)cc1)C1CSCCO1. The summed E-state index contributed by atoms with van der Waals surface area (Å²) in [5, 5.41) is 3.30. The van der Waals surface area contributed by atoms with Crippen molar-refractivity contribution in [3.05, 3.63) is 35.6 Å². The molecule has 1 aromatic carbocycles. The van der Waals surface area contributed by atoms with E-state index in [2.05, 4.69) is 5.32 Å². The van der Waals surface area contributed by atoms with E-state index >= 15 is 0 Å². The number of rotatable bonds is 4. The fourth-order valence-corrected chi connectivity index (χ4v) is 2.97. The Morgan fingerprint density at radius 3 is 2.82 bits per heavy atom. The predicted molar refractivity (Wildman–Crippen MR) is 70.0 cm³/mol. The van der Waals surface area contributed by atoms with Gasteiger partial charge in [-0.25, -0.2) is 4.39 Å². The lowest BCUT2D eigenvalue weighted by molar-refractivity contribution is 0.0492. The van der Waals surface area contributed by atoms with Crippen LogP contribution in [0.5, 0.6) is 0 Å². The number of benzene rings is 1. The maximum Gasteiger partial charge on any atom is 0.123 e. The van der Waals surface area contributed by atoms with Gasteiger partial charge in [0.15, 0.2) is 0 Å². The molecule has 94 valence electrons. The number of hydrogen-bond acceptors (Lipinski definition) is 3. The smallest absolute Gasteiger partial charge is 0.123 e. The van der Waals surface area contributed by atoms with Crippen LogP contribution in [0.2, 0.25) is 0 Å². The Balaban J connectivity index is 1.96. The number of hydrogen-bond donors (Lipinski definition) is 1. The van der Waals surface area contributed by atoms with E-state index in [1.54, 1.807) is 0 Å². The fraction of sp³-hybridized carbons (Fsp3) is 0.538. The van der Waals surface area contributed by atoms with Crippen LogP contribution >= 0.6 is 11.8 Å². The van der Waals surface area contributed by atoms with Crippen LogP contribution in [0.3, 0.4) is 0 Å². The summed E-state index contributed by atoms with van der Waals surface area (Å²) in [5.74, 6) is 1.94. The highest BCUT2D eigenvalue weighted by Crippen LogP contribution is 2.18. The summed E-state index contributed by atoms with van der Waals surface area (Å²) in [4.78, 5) is 0. The number of halogens is 1. The van der Waals surface area contributed by atoms with E-state index < -0.39 is 0 Å². The first-order valence-corrected chi connectivity index (χ1v) is 7.06. The zero-order chi connectivity index (χ0) is 12.1. The van der Waals surface area contributed by atoms with Gasteiger partial charge in [-0.05, 0) is 31.2 Å². The van der Waals surface area contributed by atoms with Crippen LogP contribution < -0.4 is 5.32 Å². The minimum absolute atomic E-state index is 0.181. The molecule has 1 aromatic rings. The Morgan fingerprint density at radius 2 is 2.24 bits per heavy atom. The maximum atomic E-state index is 12.8. The van der Waals surface area contributed by atoms with Gasteiger partial charge < -0.3 is 10.1 Å². The van der Waals surface area contributed by atoms with Crippen LogP contribution in [0.15, 0.2) is 24.3 Å². The summed E-state index contributed by atoms with van der Waals surface area (Å²) in [6.45, 7) is 0.830. The number of likely N-dealkylation sites (N-methyl/N-ethyl adjacent to an activating group) is 1. The Bertz CT molecular complexity index is 338. The summed E-state index contributed by atoms with van der Waals surface area (Å²) in [6, 6.07) is 7.01. The van der Waals surface area contributed by atoms with Crippen LogP contribution in [-0.2, 0) is 11.2 Å². The third-order valence-electron chi connectivity index (χ3n) is 3.03. The van der Waals surface area contributed by atoms with Gasteiger partial charge in [0, 0.05) is 17.5 Å². The zero-order valence-corrected chi connectivity index (χ0v) is 10.8. The van der Waals surface area contributed by atoms with Gasteiger partial charge in [0.25, 0.3) is 0 Å². The molecule has 4 heteroatoms. The van der Waals surface area contributed by atoms with Crippen molar-refractivity contribution in [3.63, 3.8) is 0 Å². The van der Waals surface area contributed by atoms with Gasteiger partial charge in [0.2, 0.25) is 0 Å². The fourth-order valence-electron chi connectivity index (χ4n) is 2.03. The molecule has 0 aliphatic carbocycles. The number of ether oxygens (including phenoxy) is 1. The summed E-state index contributed by atoms with van der Waals surface area (Å²) in [7, 11) is 1.96. The van der Waals surface area contributed by atoms with Crippen LogP contribution in [-0.4, -0.2) is 37.3 Å². The summed E-state index contributed by atoms with van der Waals surface area (Å²) in [5.41, 5.74) is 1.14. The molecule has 1 saturated heterocycles. The van der Waals surface area contributed by atoms with Gasteiger partial charge in [0.1, 0.15) is 5.82 Å². The molecule has 1 fully saturated rings. The first kappa shape index (κ1) is 12.9. The van der Waals surface area contributed by atoms with E-state index in [1.807, 2.05) is 30.9 Å². The molecule has 2 unspecified atom stereocenters. The quantitative estimate of drug-likeness (QED) is 0.890. The van der Waals surface area contributed by atoms with Gasteiger partial charge in [-0.3, -0.25) is 0 Å². The molecule has 0 aromatic heterocycles. The van der Waals surface area contributed by atoms with Crippen molar-refractivity contribution in [2.75, 3.05) is 25.2 Å². The summed E-state index contributed by atoms with van der Waals surface area (Å²) >= 11 is 1.93. The zero-order valence-electron chi connectivity index (χ0n) is 9.99. The van der Waals surface area contributed by atoms with Gasteiger partial charge in [-0.15, -0.1) is 0 Å². The van der Waals surface area contributed by atoms with Crippen LogP contribution in [0.25, 0.3) is 0 Å². The van der Waals surface area contributed by atoms with E-state index in [9.17, 15) is 4.39 Å². The third kappa shape index (κ3) is 3.69. The highest BCUT2D eigenvalue weighted by Gasteiger charge is 2.23. The second kappa shape index (κ2) is 6.38. The molecule has 0 radical (unpaired) electrons. The Kier molecular flexibility index (Phi) is 4.83. The Hall–Kier alpha value is -0.580. The third-order valence-corrected chi connectivity index (χ3v) is 4.05. The van der Waals surface area contributed by atoms with Crippen LogP contribution in [0, 0.1) is 5.82 Å². The minimum Gasteiger partial charge on any atom is -0.375 e. The Morgan fingerprint density at radius 1 is 1.47 bits per heavy atom. The first-order valence-electron chi connectivity index (χ1n) is 5.90. The first-order chi connectivity index (χ1) is 8.29. The molecule has 2 nitrogen and oxygen atoms in total. The summed E-state index contributed by atoms with van der Waals surface area (Å²) < 4.78 is 18.6. The summed E-state index contributed by atoms with van der Waals surface area (Å²) in [6.07, 6.45) is 1.13. The molecule has 0 bridgehead atoms. The van der Waals surface area contributed by atoms with Crippen molar-refractivity contribution in [2.24, 2.45) is 0 Å². The van der Waals surface area contributed by atoms with Crippen LogP contribution in [0.4, 0.5) is 4.39 Å². The molecule has 1 N–H and O–H groups in total. The molecule has 2 rings (SSSR count). The average Bonchev–Trinajstić information content (AvgIpc) is 2.39. The van der Waals surface area contributed by atoms with Crippen molar-refractivity contribution >= 4 is 11.8 Å². The van der Waals surface area contributed by atoms with Gasteiger partial charge in [-0.1, -0.05) is 12.1 Å². The van der Waals surface area contributed by atoms with Crippen molar-refractivity contribution in [2.45, 2.75) is 18.6 Å². The monoisotopic (exact) mass is 255 g/mol. The molecule has 1 aliphatic rings. The van der Waals surface area contributed by atoms with Crippen LogP contribution in [0.1, 0.15) is 5.56 Å². The van der Waals surface area contributed by atoms with E-state index in [-0.39, 0.29) is 11.9 Å². The van der Waals surface area contributed by atoms with E-state index in [1.165, 1.54) is 12.1 Å². The molecule has 17 heavy (non-hydrogen) atoms. The molecule has 1 aliphatic heterocycles. The number of thioether (sulfide) groups is 1. The van der Waals surface area contributed by atoms with Crippen molar-refractivity contribution in [3.8, 4) is 0 Å². The van der Waals surface area contributed by atoms with E-state index in [0.29, 0.717) is 6.04 Å². The minimum atomic E-state index is -0.181. The topological polar surface area (TPSA) is 21.3 Å².